The summed E-state index contributed by atoms with van der Waals surface area (Å²) in [4.78, 5) is 0. The zero-order valence-corrected chi connectivity index (χ0v) is 11.9. The van der Waals surface area contributed by atoms with E-state index in [-0.39, 0.29) is 18.0 Å². The third-order valence-electron chi connectivity index (χ3n) is 4.26. The van der Waals surface area contributed by atoms with Crippen LogP contribution in [0.25, 0.3) is 0 Å². The molecule has 0 spiro atoms. The molecule has 0 amide bonds. The summed E-state index contributed by atoms with van der Waals surface area (Å²) in [6.45, 7) is 0. The fraction of sp³-hybridized carbons (Fsp3) is 0.625. The van der Waals surface area contributed by atoms with Crippen molar-refractivity contribution in [2.24, 2.45) is 5.92 Å². The van der Waals surface area contributed by atoms with E-state index in [1.54, 1.807) is 7.11 Å². The van der Waals surface area contributed by atoms with Crippen molar-refractivity contribution in [2.75, 3.05) is 14.2 Å². The first kappa shape index (κ1) is 14.5. The van der Waals surface area contributed by atoms with Gasteiger partial charge in [-0.05, 0) is 43.5 Å². The lowest BCUT2D eigenvalue weighted by Gasteiger charge is -2.35. The third kappa shape index (κ3) is 3.54. The highest BCUT2D eigenvalue weighted by Crippen LogP contribution is 2.33. The van der Waals surface area contributed by atoms with Crippen LogP contribution in [0.1, 0.15) is 43.7 Å². The smallest absolute Gasteiger partial charge is 0.123 e. The maximum atomic E-state index is 13.0. The number of nitrogens with one attached hydrogen (secondary N) is 1. The van der Waals surface area contributed by atoms with Crippen LogP contribution in [0.2, 0.25) is 0 Å². The van der Waals surface area contributed by atoms with Gasteiger partial charge >= 0.3 is 0 Å². The molecule has 0 radical (unpaired) electrons. The van der Waals surface area contributed by atoms with Gasteiger partial charge in [-0.2, -0.15) is 0 Å². The highest BCUT2D eigenvalue weighted by molar-refractivity contribution is 5.21. The van der Waals surface area contributed by atoms with Crippen LogP contribution < -0.4 is 5.32 Å². The van der Waals surface area contributed by atoms with Crippen LogP contribution in [0.3, 0.4) is 0 Å². The average molecular weight is 265 g/mol. The Balaban J connectivity index is 2.15. The molecule has 2 rings (SSSR count). The molecule has 1 N–H and O–H groups in total. The van der Waals surface area contributed by atoms with Crippen molar-refractivity contribution in [3.05, 3.63) is 35.6 Å². The highest BCUT2D eigenvalue weighted by Gasteiger charge is 2.30. The molecule has 1 saturated carbocycles. The number of rotatable bonds is 5. The Bertz CT molecular complexity index is 373. The van der Waals surface area contributed by atoms with Crippen LogP contribution in [-0.4, -0.2) is 20.3 Å². The molecule has 0 saturated heterocycles. The molecular formula is C16H24FNO. The summed E-state index contributed by atoms with van der Waals surface area (Å²) in [6, 6.07) is 6.88. The number of halogens is 1. The molecule has 2 atom stereocenters. The Hall–Kier alpha value is -0.930. The second kappa shape index (κ2) is 7.01. The molecule has 106 valence electrons. The molecular weight excluding hydrogens is 241 g/mol. The molecule has 1 aromatic rings. The van der Waals surface area contributed by atoms with Gasteiger partial charge < -0.3 is 10.1 Å². The van der Waals surface area contributed by atoms with Crippen molar-refractivity contribution in [3.63, 3.8) is 0 Å². The molecule has 2 unspecified atom stereocenters. The topological polar surface area (TPSA) is 21.3 Å². The number of methoxy groups -OCH3 is 1. The number of likely N-dealkylation sites (N-methyl/N-ethyl adjacent to an activating group) is 1. The summed E-state index contributed by atoms with van der Waals surface area (Å²) in [5, 5.41) is 3.34. The zero-order chi connectivity index (χ0) is 13.7. The van der Waals surface area contributed by atoms with E-state index in [4.69, 9.17) is 4.74 Å². The largest absolute Gasteiger partial charge is 0.379 e. The van der Waals surface area contributed by atoms with Crippen molar-refractivity contribution < 1.29 is 9.13 Å². The fourth-order valence-electron chi connectivity index (χ4n) is 3.25. The van der Waals surface area contributed by atoms with Crippen LogP contribution in [0.4, 0.5) is 4.39 Å². The first-order valence-electron chi connectivity index (χ1n) is 7.21. The van der Waals surface area contributed by atoms with Crippen LogP contribution in [0.15, 0.2) is 24.3 Å². The van der Waals surface area contributed by atoms with Crippen LogP contribution in [-0.2, 0) is 4.74 Å². The van der Waals surface area contributed by atoms with Gasteiger partial charge in [-0.25, -0.2) is 4.39 Å². The van der Waals surface area contributed by atoms with Gasteiger partial charge in [-0.1, -0.05) is 31.4 Å². The van der Waals surface area contributed by atoms with Gasteiger partial charge in [0.15, 0.2) is 0 Å². The fourth-order valence-corrected chi connectivity index (χ4v) is 3.25. The molecule has 0 aliphatic heterocycles. The Kier molecular flexibility index (Phi) is 5.34. The molecule has 0 bridgehead atoms. The van der Waals surface area contributed by atoms with Crippen LogP contribution >= 0.6 is 0 Å². The number of hydrogen-bond acceptors (Lipinski definition) is 2. The van der Waals surface area contributed by atoms with E-state index in [1.807, 2.05) is 19.2 Å². The van der Waals surface area contributed by atoms with Crippen LogP contribution in [0.5, 0.6) is 0 Å². The Morgan fingerprint density at radius 2 is 1.79 bits per heavy atom. The third-order valence-corrected chi connectivity index (χ3v) is 4.26. The first-order valence-corrected chi connectivity index (χ1v) is 7.21. The SMILES string of the molecule is CNC(c1ccc(F)cc1)C(OC)C1CCCCC1. The Morgan fingerprint density at radius 3 is 2.32 bits per heavy atom. The van der Waals surface area contributed by atoms with Crippen molar-refractivity contribution in [1.29, 1.82) is 0 Å². The minimum Gasteiger partial charge on any atom is -0.379 e. The molecule has 1 aliphatic carbocycles. The van der Waals surface area contributed by atoms with Gasteiger partial charge in [-0.3, -0.25) is 0 Å². The van der Waals surface area contributed by atoms with Gasteiger partial charge in [0.05, 0.1) is 12.1 Å². The van der Waals surface area contributed by atoms with Gasteiger partial charge in [-0.15, -0.1) is 0 Å². The van der Waals surface area contributed by atoms with Gasteiger partial charge in [0.25, 0.3) is 0 Å². The lowest BCUT2D eigenvalue weighted by molar-refractivity contribution is 0.00940. The summed E-state index contributed by atoms with van der Waals surface area (Å²) < 4.78 is 18.8. The van der Waals surface area contributed by atoms with E-state index >= 15 is 0 Å². The van der Waals surface area contributed by atoms with E-state index in [9.17, 15) is 4.39 Å². The van der Waals surface area contributed by atoms with Crippen molar-refractivity contribution in [1.82, 2.24) is 5.32 Å². The maximum absolute atomic E-state index is 13.0. The molecule has 1 fully saturated rings. The average Bonchev–Trinajstić information content (AvgIpc) is 2.47. The predicted molar refractivity (Wildman–Crippen MR) is 75.6 cm³/mol. The summed E-state index contributed by atoms with van der Waals surface area (Å²) in [5.41, 5.74) is 1.10. The summed E-state index contributed by atoms with van der Waals surface area (Å²) in [7, 11) is 3.73. The summed E-state index contributed by atoms with van der Waals surface area (Å²) in [6.07, 6.45) is 6.56. The first-order chi connectivity index (χ1) is 9.26. The van der Waals surface area contributed by atoms with Gasteiger partial charge in [0, 0.05) is 7.11 Å². The number of benzene rings is 1. The van der Waals surface area contributed by atoms with Gasteiger partial charge in [0.1, 0.15) is 5.82 Å². The lowest BCUT2D eigenvalue weighted by atomic mass is 9.81. The standard InChI is InChI=1S/C16H24FNO/c1-18-15(12-8-10-14(17)11-9-12)16(19-2)13-6-4-3-5-7-13/h8-11,13,15-16,18H,3-7H2,1-2H3. The van der Waals surface area contributed by atoms with E-state index < -0.39 is 0 Å². The van der Waals surface area contributed by atoms with E-state index in [1.165, 1.54) is 44.2 Å². The monoisotopic (exact) mass is 265 g/mol. The molecule has 19 heavy (non-hydrogen) atoms. The quantitative estimate of drug-likeness (QED) is 0.877. The minimum absolute atomic E-state index is 0.133. The van der Waals surface area contributed by atoms with Crippen molar-refractivity contribution in [3.8, 4) is 0 Å². The lowest BCUT2D eigenvalue weighted by Crippen LogP contribution is -2.37. The number of ether oxygens (including phenoxy) is 1. The predicted octanol–water partition coefficient (Wildman–Crippen LogP) is 3.68. The Morgan fingerprint density at radius 1 is 1.16 bits per heavy atom. The van der Waals surface area contributed by atoms with E-state index in [2.05, 4.69) is 5.32 Å². The maximum Gasteiger partial charge on any atom is 0.123 e. The van der Waals surface area contributed by atoms with E-state index in [0.717, 1.165) is 5.56 Å². The van der Waals surface area contributed by atoms with Gasteiger partial charge in [0.2, 0.25) is 0 Å². The molecule has 0 heterocycles. The minimum atomic E-state index is -0.190. The van der Waals surface area contributed by atoms with E-state index in [0.29, 0.717) is 5.92 Å². The molecule has 0 aromatic heterocycles. The normalized spacial score (nSPS) is 20.2. The highest BCUT2D eigenvalue weighted by atomic mass is 19.1. The molecule has 1 aromatic carbocycles. The Labute approximate surface area is 115 Å². The summed E-state index contributed by atoms with van der Waals surface area (Å²) in [5.74, 6) is 0.409. The second-order valence-corrected chi connectivity index (χ2v) is 5.42. The molecule has 2 nitrogen and oxygen atoms in total. The summed E-state index contributed by atoms with van der Waals surface area (Å²) >= 11 is 0. The molecule has 3 heteroatoms. The van der Waals surface area contributed by atoms with Crippen molar-refractivity contribution >= 4 is 0 Å². The second-order valence-electron chi connectivity index (χ2n) is 5.42. The van der Waals surface area contributed by atoms with Crippen molar-refractivity contribution in [2.45, 2.75) is 44.2 Å². The van der Waals surface area contributed by atoms with Crippen LogP contribution in [0, 0.1) is 11.7 Å². The molecule has 1 aliphatic rings. The number of hydrogen-bond donors (Lipinski definition) is 1. The zero-order valence-electron chi connectivity index (χ0n) is 11.9.